The molecule has 0 N–H and O–H groups in total. The predicted molar refractivity (Wildman–Crippen MR) is 141 cm³/mol. The number of halogens is 2. The lowest BCUT2D eigenvalue weighted by Gasteiger charge is -2.41. The Kier molecular flexibility index (Phi) is 6.78. The largest absolute Gasteiger partial charge is 0.497 e. The van der Waals surface area contributed by atoms with Gasteiger partial charge in [-0.3, -0.25) is 14.5 Å². The summed E-state index contributed by atoms with van der Waals surface area (Å²) in [5.74, 6) is 0.363. The zero-order chi connectivity index (χ0) is 25.4. The molecule has 2 aliphatic rings. The smallest absolute Gasteiger partial charge is 0.232 e. The Morgan fingerprint density at radius 1 is 0.833 bits per heavy atom. The molecule has 5 rings (SSSR count). The van der Waals surface area contributed by atoms with Crippen LogP contribution in [0, 0.1) is 0 Å². The van der Waals surface area contributed by atoms with Crippen molar-refractivity contribution in [3.8, 4) is 11.5 Å². The van der Waals surface area contributed by atoms with Crippen LogP contribution in [0.5, 0.6) is 11.5 Å². The topological polar surface area (TPSA) is 55.8 Å². The molecule has 0 saturated heterocycles. The molecule has 1 aliphatic carbocycles. The van der Waals surface area contributed by atoms with Crippen molar-refractivity contribution < 1.29 is 19.1 Å². The van der Waals surface area contributed by atoms with E-state index in [9.17, 15) is 9.59 Å². The van der Waals surface area contributed by atoms with E-state index in [0.717, 1.165) is 5.56 Å². The average Bonchev–Trinajstić information content (AvgIpc) is 2.88. The molecule has 7 heteroatoms. The van der Waals surface area contributed by atoms with Gasteiger partial charge in [0.25, 0.3) is 0 Å². The monoisotopic (exact) mass is 521 g/mol. The van der Waals surface area contributed by atoms with Gasteiger partial charge in [-0.05, 0) is 47.7 Å². The van der Waals surface area contributed by atoms with Crippen LogP contribution < -0.4 is 14.4 Å². The Balaban J connectivity index is 1.71. The zero-order valence-corrected chi connectivity index (χ0v) is 21.5. The van der Waals surface area contributed by atoms with Crippen molar-refractivity contribution in [2.75, 3.05) is 19.1 Å². The number of benzene rings is 3. The van der Waals surface area contributed by atoms with Crippen LogP contribution in [0.1, 0.15) is 42.2 Å². The Hall–Kier alpha value is -3.28. The molecule has 0 spiro atoms. The highest BCUT2D eigenvalue weighted by Crippen LogP contribution is 2.50. The van der Waals surface area contributed by atoms with E-state index in [0.29, 0.717) is 56.9 Å². The summed E-state index contributed by atoms with van der Waals surface area (Å²) in [4.78, 5) is 29.3. The molecule has 0 fully saturated rings. The van der Waals surface area contributed by atoms with E-state index < -0.39 is 5.92 Å². The molecule has 184 valence electrons. The number of methoxy groups -OCH3 is 2. The van der Waals surface area contributed by atoms with Gasteiger partial charge >= 0.3 is 0 Å². The zero-order valence-electron chi connectivity index (χ0n) is 20.0. The first-order valence-corrected chi connectivity index (χ1v) is 12.5. The number of ketones is 1. The number of hydrogen-bond acceptors (Lipinski definition) is 4. The molecule has 1 aliphatic heterocycles. The molecule has 0 radical (unpaired) electrons. The normalized spacial score (nSPS) is 19.8. The lowest BCUT2D eigenvalue weighted by Crippen LogP contribution is -2.42. The summed E-state index contributed by atoms with van der Waals surface area (Å²) in [6, 6.07) is 20.5. The fraction of sp³-hybridized carbons (Fsp3) is 0.241. The molecule has 1 amide bonds. The van der Waals surface area contributed by atoms with Crippen LogP contribution in [-0.2, 0) is 9.59 Å². The summed E-state index contributed by atoms with van der Waals surface area (Å²) in [5.41, 5.74) is 3.51. The number of carbonyl (C=O) groups excluding carboxylic acids is 2. The van der Waals surface area contributed by atoms with E-state index in [4.69, 9.17) is 32.7 Å². The molecule has 0 saturated carbocycles. The number of nitrogens with zero attached hydrogens (tertiary/aromatic N) is 1. The molecular weight excluding hydrogens is 497 g/mol. The van der Waals surface area contributed by atoms with E-state index in [2.05, 4.69) is 0 Å². The lowest BCUT2D eigenvalue weighted by atomic mass is 9.72. The number of amides is 1. The summed E-state index contributed by atoms with van der Waals surface area (Å²) < 4.78 is 11.0. The highest BCUT2D eigenvalue weighted by Gasteiger charge is 2.44. The number of carbonyl (C=O) groups is 2. The van der Waals surface area contributed by atoms with E-state index in [1.54, 1.807) is 55.5 Å². The maximum Gasteiger partial charge on any atom is 0.232 e. The SMILES string of the molecule is COc1ccc(N2C(=O)CC(c3c(Cl)cccc3Cl)C3=C2CC(c2ccccc2)CC3=O)c(OC)c1. The number of ether oxygens (including phenoxy) is 2. The van der Waals surface area contributed by atoms with Gasteiger partial charge < -0.3 is 9.47 Å². The highest BCUT2D eigenvalue weighted by atomic mass is 35.5. The van der Waals surface area contributed by atoms with Crippen molar-refractivity contribution in [1.82, 2.24) is 0 Å². The van der Waals surface area contributed by atoms with Crippen molar-refractivity contribution in [1.29, 1.82) is 0 Å². The molecule has 2 unspecified atom stereocenters. The van der Waals surface area contributed by atoms with Crippen LogP contribution in [0.4, 0.5) is 5.69 Å². The van der Waals surface area contributed by atoms with E-state index >= 15 is 0 Å². The minimum atomic E-state index is -0.515. The van der Waals surface area contributed by atoms with Crippen LogP contribution in [0.2, 0.25) is 10.0 Å². The average molecular weight is 522 g/mol. The second-order valence-electron chi connectivity index (χ2n) is 8.96. The Labute approximate surface area is 220 Å². The number of hydrogen-bond donors (Lipinski definition) is 0. The van der Waals surface area contributed by atoms with E-state index in [-0.39, 0.29) is 24.0 Å². The quantitative estimate of drug-likeness (QED) is 0.365. The minimum Gasteiger partial charge on any atom is -0.497 e. The maximum absolute atomic E-state index is 13.8. The van der Waals surface area contributed by atoms with E-state index in [1.165, 1.54) is 0 Å². The number of rotatable bonds is 5. The van der Waals surface area contributed by atoms with Gasteiger partial charge in [-0.1, -0.05) is 59.6 Å². The van der Waals surface area contributed by atoms with Gasteiger partial charge in [0.15, 0.2) is 5.78 Å². The predicted octanol–water partition coefficient (Wildman–Crippen LogP) is 6.93. The number of Topliss-reactive ketones (excluding diaryl/α,β-unsaturated/α-hetero) is 1. The molecule has 0 bridgehead atoms. The van der Waals surface area contributed by atoms with Crippen LogP contribution >= 0.6 is 23.2 Å². The van der Waals surface area contributed by atoms with Crippen molar-refractivity contribution in [2.45, 2.75) is 31.1 Å². The summed E-state index contributed by atoms with van der Waals surface area (Å²) in [7, 11) is 3.12. The Morgan fingerprint density at radius 3 is 2.22 bits per heavy atom. The molecule has 0 aromatic heterocycles. The van der Waals surface area contributed by atoms with Crippen molar-refractivity contribution >= 4 is 40.6 Å². The molecule has 2 atom stereocenters. The number of anilines is 1. The van der Waals surface area contributed by atoms with Crippen molar-refractivity contribution in [3.63, 3.8) is 0 Å². The molecule has 1 heterocycles. The van der Waals surface area contributed by atoms with Gasteiger partial charge in [-0.15, -0.1) is 0 Å². The van der Waals surface area contributed by atoms with Crippen LogP contribution in [0.15, 0.2) is 78.0 Å². The Morgan fingerprint density at radius 2 is 1.56 bits per heavy atom. The third kappa shape index (κ3) is 4.27. The fourth-order valence-corrected chi connectivity index (χ4v) is 6.00. The van der Waals surface area contributed by atoms with Gasteiger partial charge in [0.2, 0.25) is 5.91 Å². The third-order valence-corrected chi connectivity index (χ3v) is 7.64. The van der Waals surface area contributed by atoms with Crippen LogP contribution in [0.25, 0.3) is 0 Å². The molecule has 3 aromatic carbocycles. The molecule has 3 aromatic rings. The van der Waals surface area contributed by atoms with Gasteiger partial charge in [-0.25, -0.2) is 0 Å². The summed E-state index contributed by atoms with van der Waals surface area (Å²) in [5, 5.41) is 0.890. The van der Waals surface area contributed by atoms with Crippen molar-refractivity contribution in [3.05, 3.63) is 99.2 Å². The summed E-state index contributed by atoms with van der Waals surface area (Å²) in [6.07, 6.45) is 0.937. The first-order chi connectivity index (χ1) is 17.4. The van der Waals surface area contributed by atoms with Gasteiger partial charge in [-0.2, -0.15) is 0 Å². The standard InChI is InChI=1S/C29H25Cl2NO4/c1-35-19-11-12-23(26(15-19)36-2)32-24-13-18(17-7-4-3-5-8-17)14-25(33)29(24)20(16-27(32)34)28-21(30)9-6-10-22(28)31/h3-12,15,18,20H,13-14,16H2,1-2H3. The molecule has 36 heavy (non-hydrogen) atoms. The molecule has 5 nitrogen and oxygen atoms in total. The second-order valence-corrected chi connectivity index (χ2v) is 9.77. The first-order valence-electron chi connectivity index (χ1n) is 11.7. The fourth-order valence-electron chi connectivity index (χ4n) is 5.34. The van der Waals surface area contributed by atoms with Crippen LogP contribution in [-0.4, -0.2) is 25.9 Å². The summed E-state index contributed by atoms with van der Waals surface area (Å²) in [6.45, 7) is 0. The van der Waals surface area contributed by atoms with E-state index in [1.807, 2.05) is 30.3 Å². The minimum absolute atomic E-state index is 0.00364. The van der Waals surface area contributed by atoms with Gasteiger partial charge in [0.1, 0.15) is 11.5 Å². The lowest BCUT2D eigenvalue weighted by molar-refractivity contribution is -0.120. The maximum atomic E-state index is 13.8. The highest BCUT2D eigenvalue weighted by molar-refractivity contribution is 6.36. The van der Waals surface area contributed by atoms with Crippen molar-refractivity contribution in [2.24, 2.45) is 0 Å². The summed E-state index contributed by atoms with van der Waals surface area (Å²) >= 11 is 13.1. The van der Waals surface area contributed by atoms with Crippen LogP contribution in [0.3, 0.4) is 0 Å². The van der Waals surface area contributed by atoms with Gasteiger partial charge in [0, 0.05) is 46.1 Å². The Bertz CT molecular complexity index is 1350. The number of allylic oxidation sites excluding steroid dienone is 2. The second kappa shape index (κ2) is 10.00. The molecular formula is C29H25Cl2NO4. The van der Waals surface area contributed by atoms with Gasteiger partial charge in [0.05, 0.1) is 19.9 Å². The first kappa shape index (κ1) is 24.4. The third-order valence-electron chi connectivity index (χ3n) is 6.98.